The van der Waals surface area contributed by atoms with Crippen molar-refractivity contribution >= 4 is 5.82 Å². The van der Waals surface area contributed by atoms with Gasteiger partial charge in [-0.25, -0.2) is 9.97 Å². The van der Waals surface area contributed by atoms with Crippen LogP contribution in [0.5, 0.6) is 0 Å². The zero-order valence-electron chi connectivity index (χ0n) is 14.5. The normalized spacial score (nSPS) is 18.7. The highest BCUT2D eigenvalue weighted by atomic mass is 19.4. The van der Waals surface area contributed by atoms with E-state index < -0.39 is 11.9 Å². The zero-order chi connectivity index (χ0) is 18.2. The number of aromatic nitrogens is 4. The molecule has 6 nitrogen and oxygen atoms in total. The van der Waals surface area contributed by atoms with E-state index in [2.05, 4.69) is 26.0 Å². The van der Waals surface area contributed by atoms with Crippen LogP contribution < -0.4 is 4.90 Å². The summed E-state index contributed by atoms with van der Waals surface area (Å²) in [5.41, 5.74) is 1.19. The number of likely N-dealkylation sites (N-methyl/N-ethyl adjacent to an activating group) is 1. The fourth-order valence-corrected chi connectivity index (χ4v) is 3.10. The number of rotatable bonds is 4. The molecule has 1 atom stereocenters. The molecule has 1 saturated heterocycles. The Labute approximate surface area is 144 Å². The van der Waals surface area contributed by atoms with Crippen LogP contribution in [0.1, 0.15) is 23.5 Å². The predicted molar refractivity (Wildman–Crippen MR) is 87.1 cm³/mol. The minimum absolute atomic E-state index is 0.112. The summed E-state index contributed by atoms with van der Waals surface area (Å²) in [4.78, 5) is 11.4. The summed E-state index contributed by atoms with van der Waals surface area (Å²) < 4.78 is 40.3. The Hall–Kier alpha value is -2.16. The lowest BCUT2D eigenvalue weighted by molar-refractivity contribution is -0.141. The van der Waals surface area contributed by atoms with Crippen LogP contribution in [-0.2, 0) is 19.8 Å². The molecule has 9 heteroatoms. The summed E-state index contributed by atoms with van der Waals surface area (Å²) in [5.74, 6) is 0.294. The highest BCUT2D eigenvalue weighted by Crippen LogP contribution is 2.30. The molecule has 0 bridgehead atoms. The monoisotopic (exact) mass is 354 g/mol. The summed E-state index contributed by atoms with van der Waals surface area (Å²) in [6, 6.07) is 3.17. The van der Waals surface area contributed by atoms with E-state index in [1.54, 1.807) is 11.9 Å². The summed E-state index contributed by atoms with van der Waals surface area (Å²) in [7, 11) is 3.69. The standard InChI is InChI=1S/C16H21F3N6/c1-11-6-12(22-24(11)3)8-25-5-4-13(9-25)23(2)15-7-14(16(17,18)19)20-10-21-15/h6-7,10,13H,4-5,8-9H2,1-3H3. The lowest BCUT2D eigenvalue weighted by atomic mass is 10.2. The maximum absolute atomic E-state index is 12.8. The third-order valence-electron chi connectivity index (χ3n) is 4.65. The lowest BCUT2D eigenvalue weighted by Gasteiger charge is -2.26. The smallest absolute Gasteiger partial charge is 0.355 e. The Morgan fingerprint density at radius 2 is 2.04 bits per heavy atom. The van der Waals surface area contributed by atoms with E-state index in [-0.39, 0.29) is 6.04 Å². The first-order chi connectivity index (χ1) is 11.7. The molecule has 25 heavy (non-hydrogen) atoms. The van der Waals surface area contributed by atoms with Crippen molar-refractivity contribution in [3.63, 3.8) is 0 Å². The van der Waals surface area contributed by atoms with Crippen molar-refractivity contribution in [2.45, 2.75) is 32.1 Å². The number of anilines is 1. The van der Waals surface area contributed by atoms with Gasteiger partial charge in [-0.15, -0.1) is 0 Å². The molecule has 1 aliphatic heterocycles. The Bertz CT molecular complexity index is 722. The van der Waals surface area contributed by atoms with Gasteiger partial charge in [0.2, 0.25) is 0 Å². The van der Waals surface area contributed by atoms with Gasteiger partial charge in [0.15, 0.2) is 0 Å². The van der Waals surface area contributed by atoms with Crippen LogP contribution in [0.15, 0.2) is 18.5 Å². The molecule has 2 aromatic heterocycles. The SMILES string of the molecule is Cc1cc(CN2CCC(N(C)c3cc(C(F)(F)F)ncn3)C2)nn1C. The third-order valence-corrected chi connectivity index (χ3v) is 4.65. The van der Waals surface area contributed by atoms with E-state index in [1.807, 2.05) is 18.7 Å². The Morgan fingerprint density at radius 1 is 1.28 bits per heavy atom. The van der Waals surface area contributed by atoms with Gasteiger partial charge in [0, 0.05) is 51.5 Å². The first kappa shape index (κ1) is 17.7. The van der Waals surface area contributed by atoms with Crippen molar-refractivity contribution in [1.29, 1.82) is 0 Å². The molecule has 0 aromatic carbocycles. The molecule has 0 spiro atoms. The van der Waals surface area contributed by atoms with Crippen molar-refractivity contribution in [3.8, 4) is 0 Å². The van der Waals surface area contributed by atoms with E-state index >= 15 is 0 Å². The average Bonchev–Trinajstić information content (AvgIpc) is 3.13. The number of nitrogens with zero attached hydrogens (tertiary/aromatic N) is 6. The number of alkyl halides is 3. The second-order valence-electron chi connectivity index (χ2n) is 6.45. The second-order valence-corrected chi connectivity index (χ2v) is 6.45. The molecule has 1 fully saturated rings. The molecule has 0 amide bonds. The molecule has 3 heterocycles. The number of aryl methyl sites for hydroxylation is 2. The van der Waals surface area contributed by atoms with Gasteiger partial charge in [-0.1, -0.05) is 0 Å². The molecule has 0 radical (unpaired) electrons. The largest absolute Gasteiger partial charge is 0.433 e. The fourth-order valence-electron chi connectivity index (χ4n) is 3.10. The summed E-state index contributed by atoms with van der Waals surface area (Å²) in [6.45, 7) is 4.38. The highest BCUT2D eigenvalue weighted by Gasteiger charge is 2.34. The Kier molecular flexibility index (Phi) is 4.68. The molecular formula is C16H21F3N6. The Balaban J connectivity index is 1.65. The fraction of sp³-hybridized carbons (Fsp3) is 0.562. The van der Waals surface area contributed by atoms with Crippen molar-refractivity contribution in [1.82, 2.24) is 24.6 Å². The van der Waals surface area contributed by atoms with E-state index in [0.717, 1.165) is 49.8 Å². The lowest BCUT2D eigenvalue weighted by Crippen LogP contribution is -2.35. The van der Waals surface area contributed by atoms with Gasteiger partial charge in [0.25, 0.3) is 0 Å². The van der Waals surface area contributed by atoms with Gasteiger partial charge < -0.3 is 4.90 Å². The van der Waals surface area contributed by atoms with Crippen LogP contribution in [0.3, 0.4) is 0 Å². The second kappa shape index (κ2) is 6.62. The molecule has 1 unspecified atom stereocenters. The van der Waals surface area contributed by atoms with Gasteiger partial charge in [0.05, 0.1) is 5.69 Å². The molecule has 0 saturated carbocycles. The number of halogens is 3. The van der Waals surface area contributed by atoms with Crippen LogP contribution in [-0.4, -0.2) is 50.8 Å². The number of hydrogen-bond donors (Lipinski definition) is 0. The van der Waals surface area contributed by atoms with Crippen molar-refractivity contribution in [2.24, 2.45) is 7.05 Å². The molecule has 136 valence electrons. The number of hydrogen-bond acceptors (Lipinski definition) is 5. The molecule has 0 N–H and O–H groups in total. The molecule has 3 rings (SSSR count). The maximum Gasteiger partial charge on any atom is 0.433 e. The van der Waals surface area contributed by atoms with Crippen LogP contribution >= 0.6 is 0 Å². The van der Waals surface area contributed by atoms with E-state index in [9.17, 15) is 13.2 Å². The van der Waals surface area contributed by atoms with E-state index in [4.69, 9.17) is 0 Å². The van der Waals surface area contributed by atoms with Crippen molar-refractivity contribution in [2.75, 3.05) is 25.0 Å². The van der Waals surface area contributed by atoms with E-state index in [0.29, 0.717) is 5.82 Å². The first-order valence-corrected chi connectivity index (χ1v) is 8.08. The first-order valence-electron chi connectivity index (χ1n) is 8.08. The molecule has 0 aliphatic carbocycles. The summed E-state index contributed by atoms with van der Waals surface area (Å²) in [6.07, 6.45) is -2.62. The predicted octanol–water partition coefficient (Wildman–Crippen LogP) is 2.25. The minimum Gasteiger partial charge on any atom is -0.355 e. The van der Waals surface area contributed by atoms with Crippen LogP contribution in [0.4, 0.5) is 19.0 Å². The van der Waals surface area contributed by atoms with Crippen LogP contribution in [0.2, 0.25) is 0 Å². The maximum atomic E-state index is 12.8. The minimum atomic E-state index is -4.46. The van der Waals surface area contributed by atoms with E-state index in [1.165, 1.54) is 0 Å². The van der Waals surface area contributed by atoms with Gasteiger partial charge in [-0.2, -0.15) is 18.3 Å². The highest BCUT2D eigenvalue weighted by molar-refractivity contribution is 5.40. The molecule has 2 aromatic rings. The van der Waals surface area contributed by atoms with Gasteiger partial charge in [-0.3, -0.25) is 9.58 Å². The van der Waals surface area contributed by atoms with Crippen molar-refractivity contribution < 1.29 is 13.2 Å². The third kappa shape index (κ3) is 3.92. The van der Waals surface area contributed by atoms with Crippen LogP contribution in [0.25, 0.3) is 0 Å². The summed E-state index contributed by atoms with van der Waals surface area (Å²) in [5, 5.41) is 4.46. The van der Waals surface area contributed by atoms with Gasteiger partial charge in [0.1, 0.15) is 17.8 Å². The summed E-state index contributed by atoms with van der Waals surface area (Å²) >= 11 is 0. The topological polar surface area (TPSA) is 50.1 Å². The van der Waals surface area contributed by atoms with Crippen LogP contribution in [0, 0.1) is 6.92 Å². The van der Waals surface area contributed by atoms with Crippen molar-refractivity contribution in [3.05, 3.63) is 35.5 Å². The molecule has 1 aliphatic rings. The quantitative estimate of drug-likeness (QED) is 0.843. The van der Waals surface area contributed by atoms with Gasteiger partial charge >= 0.3 is 6.18 Å². The number of likely N-dealkylation sites (tertiary alicyclic amines) is 1. The average molecular weight is 354 g/mol. The molecular weight excluding hydrogens is 333 g/mol. The Morgan fingerprint density at radius 3 is 2.68 bits per heavy atom. The zero-order valence-corrected chi connectivity index (χ0v) is 14.5. The van der Waals surface area contributed by atoms with Gasteiger partial charge in [-0.05, 0) is 19.4 Å².